The summed E-state index contributed by atoms with van der Waals surface area (Å²) in [6.07, 6.45) is -1.06. The van der Waals surface area contributed by atoms with Gasteiger partial charge in [-0.3, -0.25) is 4.79 Å². The first-order valence-electron chi connectivity index (χ1n) is 11.5. The van der Waals surface area contributed by atoms with Crippen LogP contribution in [-0.2, 0) is 23.9 Å². The molecule has 1 amide bonds. The van der Waals surface area contributed by atoms with Gasteiger partial charge >= 0.3 is 6.18 Å². The van der Waals surface area contributed by atoms with Crippen molar-refractivity contribution in [3.05, 3.63) is 77.0 Å². The largest absolute Gasteiger partial charge is 0.612 e. The van der Waals surface area contributed by atoms with Crippen molar-refractivity contribution in [2.75, 3.05) is 24.3 Å². The van der Waals surface area contributed by atoms with Crippen LogP contribution >= 0.6 is 0 Å². The van der Waals surface area contributed by atoms with E-state index in [2.05, 4.69) is 10.3 Å². The minimum atomic E-state index is -4.44. The van der Waals surface area contributed by atoms with Crippen molar-refractivity contribution >= 4 is 28.5 Å². The Hall–Kier alpha value is -3.24. The molecule has 1 fully saturated rings. The maximum absolute atomic E-state index is 13.6. The Morgan fingerprint density at radius 2 is 1.92 bits per heavy atom. The van der Waals surface area contributed by atoms with Gasteiger partial charge in [0.25, 0.3) is 5.91 Å². The zero-order chi connectivity index (χ0) is 25.4. The fourth-order valence-corrected chi connectivity index (χ4v) is 4.69. The molecule has 1 atom stereocenters. The minimum absolute atomic E-state index is 0.143. The molecule has 5 rings (SSSR count). The summed E-state index contributed by atoms with van der Waals surface area (Å²) in [5.41, 5.74) is 1.96. The first kappa shape index (κ1) is 24.5. The third-order valence-electron chi connectivity index (χ3n) is 6.25. The molecular formula is C26H24F3N3O3S. The van der Waals surface area contributed by atoms with Crippen molar-refractivity contribution < 1.29 is 27.3 Å². The van der Waals surface area contributed by atoms with Crippen molar-refractivity contribution in [3.63, 3.8) is 0 Å². The standard InChI is InChI=1S/C26H24F3N3O3S/c1-36(34)21-6-2-16(3-7-21)15-30-24(33)22-8-9-23-25(31-22)35-11-10-32(23)20-13-18(17-4-5-17)12-19(14-20)26(27,28)29/h2-3,6-9,12-14,17H,4-5,10-11,15H2,1H3,(H,30,33). The number of rotatable bonds is 6. The third-order valence-corrected chi connectivity index (χ3v) is 7.19. The Morgan fingerprint density at radius 3 is 2.58 bits per heavy atom. The lowest BCUT2D eigenvalue weighted by molar-refractivity contribution is -0.137. The molecule has 2 aromatic carbocycles. The Bertz CT molecular complexity index is 1280. The molecule has 3 aromatic rings. The molecule has 2 heterocycles. The number of pyridine rings is 1. The maximum atomic E-state index is 13.6. The summed E-state index contributed by atoms with van der Waals surface area (Å²) in [4.78, 5) is 19.5. The summed E-state index contributed by atoms with van der Waals surface area (Å²) in [7, 11) is 0. The number of halogens is 3. The summed E-state index contributed by atoms with van der Waals surface area (Å²) in [6.45, 7) is 0.852. The molecule has 1 N–H and O–H groups in total. The fraction of sp³-hybridized carbons (Fsp3) is 0.308. The number of fused-ring (bicyclic) bond motifs is 1. The average molecular weight is 516 g/mol. The van der Waals surface area contributed by atoms with E-state index in [4.69, 9.17) is 4.74 Å². The van der Waals surface area contributed by atoms with E-state index in [-0.39, 0.29) is 30.6 Å². The number of nitrogens with zero attached hydrogens (tertiary/aromatic N) is 2. The number of nitrogens with one attached hydrogen (secondary N) is 1. The topological polar surface area (TPSA) is 77.5 Å². The zero-order valence-electron chi connectivity index (χ0n) is 19.5. The second kappa shape index (κ2) is 9.67. The van der Waals surface area contributed by atoms with E-state index in [1.165, 1.54) is 12.1 Å². The van der Waals surface area contributed by atoms with Crippen molar-refractivity contribution in [1.29, 1.82) is 0 Å². The monoisotopic (exact) mass is 515 g/mol. The SMILES string of the molecule is C[S+]([O-])c1ccc(CNC(=O)c2ccc3c(n2)OCCN3c2cc(C3CC3)cc(C(F)(F)F)c2)cc1. The number of alkyl halides is 3. The van der Waals surface area contributed by atoms with Gasteiger partial charge in [0.15, 0.2) is 4.90 Å². The maximum Gasteiger partial charge on any atom is 0.416 e. The highest BCUT2D eigenvalue weighted by atomic mass is 32.2. The number of carbonyl (C=O) groups is 1. The minimum Gasteiger partial charge on any atom is -0.612 e. The number of amides is 1. The first-order valence-corrected chi connectivity index (χ1v) is 13.1. The van der Waals surface area contributed by atoms with Crippen LogP contribution in [-0.4, -0.2) is 34.9 Å². The van der Waals surface area contributed by atoms with Crippen molar-refractivity contribution in [2.45, 2.75) is 36.4 Å². The second-order valence-electron chi connectivity index (χ2n) is 8.89. The number of benzene rings is 2. The van der Waals surface area contributed by atoms with Gasteiger partial charge in [-0.15, -0.1) is 0 Å². The summed E-state index contributed by atoms with van der Waals surface area (Å²) in [5, 5.41) is 2.79. The third kappa shape index (κ3) is 5.29. The average Bonchev–Trinajstić information content (AvgIpc) is 3.72. The molecular weight excluding hydrogens is 491 g/mol. The smallest absolute Gasteiger partial charge is 0.416 e. The Morgan fingerprint density at radius 1 is 1.17 bits per heavy atom. The molecule has 10 heteroatoms. The molecule has 2 aliphatic rings. The van der Waals surface area contributed by atoms with Gasteiger partial charge in [0.2, 0.25) is 5.88 Å². The van der Waals surface area contributed by atoms with E-state index in [1.54, 1.807) is 41.5 Å². The quantitative estimate of drug-likeness (QED) is 0.458. The van der Waals surface area contributed by atoms with Crippen molar-refractivity contribution in [1.82, 2.24) is 10.3 Å². The number of anilines is 2. The highest BCUT2D eigenvalue weighted by Crippen LogP contribution is 2.45. The summed E-state index contributed by atoms with van der Waals surface area (Å²) in [6, 6.07) is 14.5. The van der Waals surface area contributed by atoms with Crippen LogP contribution in [0.2, 0.25) is 0 Å². The van der Waals surface area contributed by atoms with Crippen LogP contribution in [0.25, 0.3) is 0 Å². The summed E-state index contributed by atoms with van der Waals surface area (Å²) >= 11 is -1.08. The molecule has 0 saturated heterocycles. The van der Waals surface area contributed by atoms with Crippen LogP contribution in [0.3, 0.4) is 0 Å². The van der Waals surface area contributed by atoms with Crippen LogP contribution in [0.4, 0.5) is 24.5 Å². The second-order valence-corrected chi connectivity index (χ2v) is 10.3. The molecule has 188 valence electrons. The van der Waals surface area contributed by atoms with Gasteiger partial charge in [0.1, 0.15) is 24.2 Å². The van der Waals surface area contributed by atoms with E-state index < -0.39 is 28.8 Å². The Balaban J connectivity index is 1.35. The molecule has 0 spiro atoms. The molecule has 36 heavy (non-hydrogen) atoms. The number of ether oxygens (including phenoxy) is 1. The summed E-state index contributed by atoms with van der Waals surface area (Å²) in [5.74, 6) is -0.0399. The van der Waals surface area contributed by atoms with E-state index in [0.717, 1.165) is 24.5 Å². The molecule has 1 unspecified atom stereocenters. The number of hydrogen-bond acceptors (Lipinski definition) is 5. The number of hydrogen-bond donors (Lipinski definition) is 1. The first-order chi connectivity index (χ1) is 17.2. The molecule has 0 radical (unpaired) electrons. The van der Waals surface area contributed by atoms with E-state index >= 15 is 0 Å². The molecule has 1 aromatic heterocycles. The van der Waals surface area contributed by atoms with Crippen LogP contribution in [0.15, 0.2) is 59.5 Å². The van der Waals surface area contributed by atoms with Gasteiger partial charge in [0.05, 0.1) is 12.1 Å². The van der Waals surface area contributed by atoms with E-state index in [9.17, 15) is 22.5 Å². The summed E-state index contributed by atoms with van der Waals surface area (Å²) < 4.78 is 57.9. The lowest BCUT2D eigenvalue weighted by atomic mass is 10.0. The molecule has 1 aliphatic carbocycles. The van der Waals surface area contributed by atoms with Gasteiger partial charge in [-0.05, 0) is 83.5 Å². The molecule has 6 nitrogen and oxygen atoms in total. The van der Waals surface area contributed by atoms with Gasteiger partial charge in [-0.25, -0.2) is 4.98 Å². The predicted molar refractivity (Wildman–Crippen MR) is 130 cm³/mol. The van der Waals surface area contributed by atoms with Gasteiger partial charge in [-0.2, -0.15) is 13.2 Å². The van der Waals surface area contributed by atoms with Gasteiger partial charge < -0.3 is 19.5 Å². The molecule has 1 saturated carbocycles. The fourth-order valence-electron chi connectivity index (χ4n) is 4.17. The lowest BCUT2D eigenvalue weighted by Crippen LogP contribution is -2.30. The zero-order valence-corrected chi connectivity index (χ0v) is 20.3. The van der Waals surface area contributed by atoms with Crippen molar-refractivity contribution in [2.24, 2.45) is 0 Å². The van der Waals surface area contributed by atoms with Crippen LogP contribution in [0.5, 0.6) is 5.88 Å². The molecule has 0 bridgehead atoms. The number of carbonyl (C=O) groups excluding carboxylic acids is 1. The molecule has 1 aliphatic heterocycles. The van der Waals surface area contributed by atoms with E-state index in [1.807, 2.05) is 6.07 Å². The van der Waals surface area contributed by atoms with Gasteiger partial charge in [-0.1, -0.05) is 12.1 Å². The van der Waals surface area contributed by atoms with Crippen LogP contribution in [0.1, 0.15) is 45.9 Å². The van der Waals surface area contributed by atoms with Crippen molar-refractivity contribution in [3.8, 4) is 5.88 Å². The highest BCUT2D eigenvalue weighted by molar-refractivity contribution is 7.90. The number of aromatic nitrogens is 1. The predicted octanol–water partition coefficient (Wildman–Crippen LogP) is 5.18. The van der Waals surface area contributed by atoms with E-state index in [0.29, 0.717) is 28.4 Å². The highest BCUT2D eigenvalue weighted by Gasteiger charge is 2.35. The normalized spacial score (nSPS) is 16.2. The van der Waals surface area contributed by atoms with Crippen LogP contribution in [0, 0.1) is 0 Å². The van der Waals surface area contributed by atoms with Gasteiger partial charge in [0, 0.05) is 12.2 Å². The van der Waals surface area contributed by atoms with Crippen LogP contribution < -0.4 is 15.0 Å². The lowest BCUT2D eigenvalue weighted by Gasteiger charge is -2.31. The Kier molecular flexibility index (Phi) is 6.57. The Labute approximate surface area is 209 Å².